The Hall–Kier alpha value is -0.900. The second kappa shape index (κ2) is 5.26. The van der Waals surface area contributed by atoms with E-state index >= 15 is 0 Å². The van der Waals surface area contributed by atoms with Crippen LogP contribution in [0.4, 0.5) is 0 Å². The number of benzene rings is 1. The number of aliphatic hydroxyl groups is 1. The van der Waals surface area contributed by atoms with E-state index in [9.17, 15) is 0 Å². The molecule has 1 unspecified atom stereocenters. The van der Waals surface area contributed by atoms with Gasteiger partial charge >= 0.3 is 0 Å². The molecule has 1 atom stereocenters. The average molecular weight is 205 g/mol. The van der Waals surface area contributed by atoms with E-state index in [-0.39, 0.29) is 6.61 Å². The van der Waals surface area contributed by atoms with Crippen LogP contribution < -0.4 is 5.32 Å². The van der Waals surface area contributed by atoms with Gasteiger partial charge in [-0.2, -0.15) is 0 Å². The minimum Gasteiger partial charge on any atom is -0.395 e. The SMILES string of the molecule is OCCN1CCNCC1c1c[c]ccc1. The summed E-state index contributed by atoms with van der Waals surface area (Å²) in [5.74, 6) is 0. The fourth-order valence-corrected chi connectivity index (χ4v) is 2.09. The smallest absolute Gasteiger partial charge is 0.0558 e. The topological polar surface area (TPSA) is 35.5 Å². The molecule has 1 aromatic carbocycles. The second-order valence-corrected chi connectivity index (χ2v) is 3.82. The maximum atomic E-state index is 9.01. The lowest BCUT2D eigenvalue weighted by molar-refractivity contribution is 0.127. The molecule has 81 valence electrons. The summed E-state index contributed by atoms with van der Waals surface area (Å²) in [6.45, 7) is 3.94. The molecular formula is C12H17N2O. The summed E-state index contributed by atoms with van der Waals surface area (Å²) < 4.78 is 0. The van der Waals surface area contributed by atoms with E-state index in [1.54, 1.807) is 0 Å². The van der Waals surface area contributed by atoms with Crippen molar-refractivity contribution in [3.05, 3.63) is 35.9 Å². The maximum Gasteiger partial charge on any atom is 0.0558 e. The molecule has 1 aliphatic heterocycles. The zero-order valence-corrected chi connectivity index (χ0v) is 8.82. The van der Waals surface area contributed by atoms with E-state index in [1.807, 2.05) is 18.2 Å². The van der Waals surface area contributed by atoms with E-state index < -0.39 is 0 Å². The molecule has 0 saturated carbocycles. The van der Waals surface area contributed by atoms with Gasteiger partial charge in [0.25, 0.3) is 0 Å². The highest BCUT2D eigenvalue weighted by Crippen LogP contribution is 2.20. The molecule has 1 fully saturated rings. The Kier molecular flexibility index (Phi) is 3.72. The Morgan fingerprint density at radius 3 is 3.27 bits per heavy atom. The predicted octanol–water partition coefficient (Wildman–Crippen LogP) is 0.425. The zero-order chi connectivity index (χ0) is 10.5. The summed E-state index contributed by atoms with van der Waals surface area (Å²) in [7, 11) is 0. The second-order valence-electron chi connectivity index (χ2n) is 3.82. The Bertz CT molecular complexity index is 287. The van der Waals surface area contributed by atoms with Crippen LogP contribution in [0.2, 0.25) is 0 Å². The predicted molar refractivity (Wildman–Crippen MR) is 59.5 cm³/mol. The summed E-state index contributed by atoms with van der Waals surface area (Å²) in [6.07, 6.45) is 0. The third kappa shape index (κ3) is 2.56. The highest BCUT2D eigenvalue weighted by molar-refractivity contribution is 5.19. The Labute approximate surface area is 90.7 Å². The standard InChI is InChI=1S/C12H17N2O/c15-9-8-14-7-6-13-10-12(14)11-4-2-1-3-5-11/h1-2,4-5,12-13,15H,6-10H2. The molecular weight excluding hydrogens is 188 g/mol. The normalized spacial score (nSPS) is 22.9. The fourth-order valence-electron chi connectivity index (χ4n) is 2.09. The van der Waals surface area contributed by atoms with Gasteiger partial charge in [-0.1, -0.05) is 18.2 Å². The van der Waals surface area contributed by atoms with Crippen LogP contribution in [0.3, 0.4) is 0 Å². The number of piperazine rings is 1. The highest BCUT2D eigenvalue weighted by Gasteiger charge is 2.22. The lowest BCUT2D eigenvalue weighted by Gasteiger charge is -2.36. The van der Waals surface area contributed by atoms with Gasteiger partial charge in [-0.15, -0.1) is 0 Å². The molecule has 1 heterocycles. The first-order chi connectivity index (χ1) is 7.42. The molecule has 1 aliphatic rings. The maximum absolute atomic E-state index is 9.01. The molecule has 1 saturated heterocycles. The Morgan fingerprint density at radius 1 is 1.60 bits per heavy atom. The Morgan fingerprint density at radius 2 is 2.53 bits per heavy atom. The summed E-state index contributed by atoms with van der Waals surface area (Å²) >= 11 is 0. The minimum atomic E-state index is 0.229. The lowest BCUT2D eigenvalue weighted by Crippen LogP contribution is -2.46. The number of rotatable bonds is 3. The Balaban J connectivity index is 2.11. The summed E-state index contributed by atoms with van der Waals surface area (Å²) in [5.41, 5.74) is 1.28. The van der Waals surface area contributed by atoms with Crippen LogP contribution in [-0.4, -0.2) is 42.8 Å². The van der Waals surface area contributed by atoms with E-state index in [1.165, 1.54) is 5.56 Å². The van der Waals surface area contributed by atoms with Crippen molar-refractivity contribution in [2.75, 3.05) is 32.8 Å². The van der Waals surface area contributed by atoms with Crippen molar-refractivity contribution in [1.82, 2.24) is 10.2 Å². The van der Waals surface area contributed by atoms with Crippen LogP contribution in [0.25, 0.3) is 0 Å². The lowest BCUT2D eigenvalue weighted by atomic mass is 10.0. The van der Waals surface area contributed by atoms with Crippen LogP contribution in [-0.2, 0) is 0 Å². The van der Waals surface area contributed by atoms with Crippen LogP contribution in [0.5, 0.6) is 0 Å². The molecule has 1 aromatic rings. The molecule has 2 rings (SSSR count). The van der Waals surface area contributed by atoms with Crippen molar-refractivity contribution in [3.63, 3.8) is 0 Å². The molecule has 0 spiro atoms. The largest absolute Gasteiger partial charge is 0.395 e. The third-order valence-electron chi connectivity index (χ3n) is 2.86. The van der Waals surface area contributed by atoms with Crippen LogP contribution in [0.1, 0.15) is 11.6 Å². The first-order valence-corrected chi connectivity index (χ1v) is 5.43. The van der Waals surface area contributed by atoms with Crippen LogP contribution in [0, 0.1) is 6.07 Å². The van der Waals surface area contributed by atoms with E-state index in [0.717, 1.165) is 26.2 Å². The molecule has 0 aromatic heterocycles. The van der Waals surface area contributed by atoms with Gasteiger partial charge in [0, 0.05) is 32.2 Å². The van der Waals surface area contributed by atoms with E-state index in [0.29, 0.717) is 6.04 Å². The fraction of sp³-hybridized carbons (Fsp3) is 0.500. The minimum absolute atomic E-state index is 0.229. The molecule has 0 amide bonds. The van der Waals surface area contributed by atoms with Gasteiger partial charge in [-0.3, -0.25) is 4.90 Å². The molecule has 3 nitrogen and oxygen atoms in total. The number of hydrogen-bond donors (Lipinski definition) is 2. The van der Waals surface area contributed by atoms with Gasteiger partial charge < -0.3 is 10.4 Å². The molecule has 0 bridgehead atoms. The number of β-amino-alcohol motifs (C(OH)–C–C–N with tert-alkyl or cyclic N) is 1. The van der Waals surface area contributed by atoms with Gasteiger partial charge in [0.1, 0.15) is 0 Å². The summed E-state index contributed by atoms with van der Waals surface area (Å²) in [6, 6.07) is 11.6. The highest BCUT2D eigenvalue weighted by atomic mass is 16.3. The number of nitrogens with zero attached hydrogens (tertiary/aromatic N) is 1. The number of nitrogens with one attached hydrogen (secondary N) is 1. The number of aliphatic hydroxyl groups excluding tert-OH is 1. The quantitative estimate of drug-likeness (QED) is 0.751. The summed E-state index contributed by atoms with van der Waals surface area (Å²) in [4.78, 5) is 2.32. The third-order valence-corrected chi connectivity index (χ3v) is 2.86. The molecule has 0 aliphatic carbocycles. The van der Waals surface area contributed by atoms with Crippen molar-refractivity contribution in [2.45, 2.75) is 6.04 Å². The summed E-state index contributed by atoms with van der Waals surface area (Å²) in [5, 5.41) is 12.4. The van der Waals surface area contributed by atoms with Crippen molar-refractivity contribution < 1.29 is 5.11 Å². The van der Waals surface area contributed by atoms with Gasteiger partial charge in [-0.25, -0.2) is 0 Å². The van der Waals surface area contributed by atoms with Gasteiger partial charge in [-0.05, 0) is 17.7 Å². The van der Waals surface area contributed by atoms with Crippen molar-refractivity contribution >= 4 is 0 Å². The zero-order valence-electron chi connectivity index (χ0n) is 8.82. The average Bonchev–Trinajstić information content (AvgIpc) is 2.31. The van der Waals surface area contributed by atoms with E-state index in [4.69, 9.17) is 5.11 Å². The van der Waals surface area contributed by atoms with Crippen molar-refractivity contribution in [3.8, 4) is 0 Å². The molecule has 3 heteroatoms. The van der Waals surface area contributed by atoms with Crippen LogP contribution >= 0.6 is 0 Å². The molecule has 2 N–H and O–H groups in total. The van der Waals surface area contributed by atoms with Gasteiger partial charge in [0.05, 0.1) is 6.61 Å². The monoisotopic (exact) mass is 205 g/mol. The van der Waals surface area contributed by atoms with Gasteiger partial charge in [0.15, 0.2) is 0 Å². The molecule has 1 radical (unpaired) electrons. The number of hydrogen-bond acceptors (Lipinski definition) is 3. The van der Waals surface area contributed by atoms with E-state index in [2.05, 4.69) is 22.3 Å². The van der Waals surface area contributed by atoms with Gasteiger partial charge in [0.2, 0.25) is 0 Å². The first-order valence-electron chi connectivity index (χ1n) is 5.43. The van der Waals surface area contributed by atoms with Crippen molar-refractivity contribution in [1.29, 1.82) is 0 Å². The molecule has 15 heavy (non-hydrogen) atoms. The first kappa shape index (κ1) is 10.6. The van der Waals surface area contributed by atoms with Crippen LogP contribution in [0.15, 0.2) is 24.3 Å². The van der Waals surface area contributed by atoms with Crippen molar-refractivity contribution in [2.24, 2.45) is 0 Å².